The van der Waals surface area contributed by atoms with E-state index in [4.69, 9.17) is 4.74 Å². The Bertz CT molecular complexity index is 764. The lowest BCUT2D eigenvalue weighted by Gasteiger charge is -2.12. The van der Waals surface area contributed by atoms with Gasteiger partial charge < -0.3 is 19.7 Å². The third kappa shape index (κ3) is 5.73. The summed E-state index contributed by atoms with van der Waals surface area (Å²) in [5.74, 6) is -0.262. The van der Waals surface area contributed by atoms with E-state index in [-0.39, 0.29) is 23.8 Å². The number of alkyl halides is 2. The minimum Gasteiger partial charge on any atom is -0.484 e. The highest BCUT2D eigenvalue weighted by Crippen LogP contribution is 2.19. The fraction of sp³-hybridized carbons (Fsp3) is 0.222. The van der Waals surface area contributed by atoms with E-state index in [0.717, 1.165) is 0 Å². The molecule has 8 heteroatoms. The van der Waals surface area contributed by atoms with Gasteiger partial charge in [0, 0.05) is 25.3 Å². The van der Waals surface area contributed by atoms with Crippen LogP contribution in [0.25, 0.3) is 0 Å². The van der Waals surface area contributed by atoms with E-state index in [9.17, 15) is 18.4 Å². The molecule has 2 amide bonds. The average Bonchev–Trinajstić information content (AvgIpc) is 2.60. The number of anilines is 1. The van der Waals surface area contributed by atoms with Crippen LogP contribution in [0.15, 0.2) is 48.5 Å². The van der Waals surface area contributed by atoms with Crippen LogP contribution in [0.5, 0.6) is 11.5 Å². The highest BCUT2D eigenvalue weighted by atomic mass is 19.3. The topological polar surface area (TPSA) is 67.9 Å². The Morgan fingerprint density at radius 1 is 1.08 bits per heavy atom. The van der Waals surface area contributed by atoms with Crippen molar-refractivity contribution in [3.63, 3.8) is 0 Å². The monoisotopic (exact) mass is 364 g/mol. The predicted molar refractivity (Wildman–Crippen MR) is 91.7 cm³/mol. The number of benzene rings is 2. The van der Waals surface area contributed by atoms with E-state index in [1.807, 2.05) is 0 Å². The van der Waals surface area contributed by atoms with Crippen LogP contribution in [0.1, 0.15) is 10.4 Å². The molecule has 2 aromatic rings. The highest BCUT2D eigenvalue weighted by molar-refractivity contribution is 6.04. The lowest BCUT2D eigenvalue weighted by atomic mass is 10.2. The fourth-order valence-corrected chi connectivity index (χ4v) is 1.93. The summed E-state index contributed by atoms with van der Waals surface area (Å²) < 4.78 is 34.1. The maximum Gasteiger partial charge on any atom is 0.387 e. The van der Waals surface area contributed by atoms with Gasteiger partial charge in [0.15, 0.2) is 6.61 Å². The molecule has 0 aliphatic heterocycles. The normalized spacial score (nSPS) is 10.3. The van der Waals surface area contributed by atoms with Crippen LogP contribution in [-0.4, -0.2) is 44.0 Å². The van der Waals surface area contributed by atoms with Crippen LogP contribution >= 0.6 is 0 Å². The van der Waals surface area contributed by atoms with Crippen molar-refractivity contribution >= 4 is 17.5 Å². The average molecular weight is 364 g/mol. The molecule has 0 radical (unpaired) electrons. The summed E-state index contributed by atoms with van der Waals surface area (Å²) in [4.78, 5) is 25.1. The molecule has 0 aromatic heterocycles. The van der Waals surface area contributed by atoms with Gasteiger partial charge in [-0.1, -0.05) is 6.07 Å². The van der Waals surface area contributed by atoms with Gasteiger partial charge in [-0.2, -0.15) is 8.78 Å². The molecule has 0 unspecified atom stereocenters. The van der Waals surface area contributed by atoms with E-state index < -0.39 is 12.5 Å². The minimum absolute atomic E-state index is 0.0877. The Kier molecular flexibility index (Phi) is 6.48. The van der Waals surface area contributed by atoms with Crippen molar-refractivity contribution in [1.82, 2.24) is 4.90 Å². The van der Waals surface area contributed by atoms with Gasteiger partial charge in [-0.25, -0.2) is 0 Å². The number of rotatable bonds is 7. The maximum atomic E-state index is 12.2. The number of nitrogens with zero attached hydrogens (tertiary/aromatic N) is 1. The van der Waals surface area contributed by atoms with Gasteiger partial charge in [0.2, 0.25) is 0 Å². The van der Waals surface area contributed by atoms with Crippen molar-refractivity contribution in [2.75, 3.05) is 26.0 Å². The maximum absolute atomic E-state index is 12.2. The smallest absolute Gasteiger partial charge is 0.387 e. The molecule has 0 spiro atoms. The van der Waals surface area contributed by atoms with Gasteiger partial charge in [-0.3, -0.25) is 9.59 Å². The molecule has 0 fully saturated rings. The Hall–Kier alpha value is -3.16. The molecule has 6 nitrogen and oxygen atoms in total. The number of hydrogen-bond donors (Lipinski definition) is 1. The van der Waals surface area contributed by atoms with Crippen molar-refractivity contribution in [2.45, 2.75) is 6.61 Å². The highest BCUT2D eigenvalue weighted by Gasteiger charge is 2.10. The summed E-state index contributed by atoms with van der Waals surface area (Å²) in [5.41, 5.74) is 0.668. The molecule has 0 atom stereocenters. The number of halogens is 2. The zero-order valence-electron chi connectivity index (χ0n) is 14.2. The van der Waals surface area contributed by atoms with Crippen molar-refractivity contribution < 1.29 is 27.8 Å². The summed E-state index contributed by atoms with van der Waals surface area (Å²) in [6.45, 7) is -3.05. The number of carbonyl (C=O) groups is 2. The molecule has 0 heterocycles. The fourth-order valence-electron chi connectivity index (χ4n) is 1.93. The van der Waals surface area contributed by atoms with Crippen LogP contribution in [-0.2, 0) is 4.79 Å². The standard InChI is InChI=1S/C18H18F2N2O4/c1-22(2)16(23)11-25-14-8-6-13(7-9-14)21-17(24)12-4-3-5-15(10-12)26-18(19)20/h3-10,18H,11H2,1-2H3,(H,21,24). The molecule has 26 heavy (non-hydrogen) atoms. The zero-order chi connectivity index (χ0) is 19.1. The first-order valence-electron chi connectivity index (χ1n) is 7.64. The van der Waals surface area contributed by atoms with Gasteiger partial charge in [0.1, 0.15) is 11.5 Å². The van der Waals surface area contributed by atoms with Crippen LogP contribution in [0, 0.1) is 0 Å². The van der Waals surface area contributed by atoms with Crippen molar-refractivity contribution in [3.8, 4) is 11.5 Å². The summed E-state index contributed by atoms with van der Waals surface area (Å²) in [5, 5.41) is 2.64. The van der Waals surface area contributed by atoms with Gasteiger partial charge >= 0.3 is 6.61 Å². The predicted octanol–water partition coefficient (Wildman–Crippen LogP) is 3.01. The molecular weight excluding hydrogens is 346 g/mol. The number of nitrogens with one attached hydrogen (secondary N) is 1. The van der Waals surface area contributed by atoms with Crippen LogP contribution in [0.3, 0.4) is 0 Å². The Morgan fingerprint density at radius 3 is 2.38 bits per heavy atom. The van der Waals surface area contributed by atoms with Crippen LogP contribution in [0.4, 0.5) is 14.5 Å². The first-order chi connectivity index (χ1) is 12.3. The second-order valence-corrected chi connectivity index (χ2v) is 5.46. The van der Waals surface area contributed by atoms with Gasteiger partial charge in [0.25, 0.3) is 11.8 Å². The summed E-state index contributed by atoms with van der Waals surface area (Å²) in [7, 11) is 3.26. The molecule has 0 aliphatic rings. The van der Waals surface area contributed by atoms with E-state index in [0.29, 0.717) is 11.4 Å². The first-order valence-corrected chi connectivity index (χ1v) is 7.64. The first kappa shape index (κ1) is 19.2. The molecule has 1 N–H and O–H groups in total. The second kappa shape index (κ2) is 8.80. The largest absolute Gasteiger partial charge is 0.484 e. The van der Waals surface area contributed by atoms with E-state index in [1.165, 1.54) is 29.2 Å². The SMILES string of the molecule is CN(C)C(=O)COc1ccc(NC(=O)c2cccc(OC(F)F)c2)cc1. The van der Waals surface area contributed by atoms with Gasteiger partial charge in [0.05, 0.1) is 0 Å². The molecule has 2 aromatic carbocycles. The third-order valence-corrected chi connectivity index (χ3v) is 3.29. The molecular formula is C18H18F2N2O4. The molecule has 0 saturated heterocycles. The zero-order valence-corrected chi connectivity index (χ0v) is 14.2. The van der Waals surface area contributed by atoms with Crippen molar-refractivity contribution in [2.24, 2.45) is 0 Å². The quantitative estimate of drug-likeness (QED) is 0.820. The molecule has 0 saturated carbocycles. The Balaban J connectivity index is 1.96. The lowest BCUT2D eigenvalue weighted by Crippen LogP contribution is -2.27. The third-order valence-electron chi connectivity index (χ3n) is 3.29. The second-order valence-electron chi connectivity index (χ2n) is 5.46. The Morgan fingerprint density at radius 2 is 1.77 bits per heavy atom. The Labute approximate surface area is 149 Å². The summed E-state index contributed by atoms with van der Waals surface area (Å²) in [6, 6.07) is 11.9. The minimum atomic E-state index is -2.96. The lowest BCUT2D eigenvalue weighted by molar-refractivity contribution is -0.130. The van der Waals surface area contributed by atoms with E-state index >= 15 is 0 Å². The van der Waals surface area contributed by atoms with Gasteiger partial charge in [-0.05, 0) is 42.5 Å². The van der Waals surface area contributed by atoms with Crippen molar-refractivity contribution in [3.05, 3.63) is 54.1 Å². The summed E-state index contributed by atoms with van der Waals surface area (Å²) in [6.07, 6.45) is 0. The van der Waals surface area contributed by atoms with Crippen molar-refractivity contribution in [1.29, 1.82) is 0 Å². The molecule has 138 valence electrons. The number of likely N-dealkylation sites (N-methyl/N-ethyl adjacent to an activating group) is 1. The number of carbonyl (C=O) groups excluding carboxylic acids is 2. The van der Waals surface area contributed by atoms with Gasteiger partial charge in [-0.15, -0.1) is 0 Å². The number of amides is 2. The van der Waals surface area contributed by atoms with E-state index in [2.05, 4.69) is 10.1 Å². The van der Waals surface area contributed by atoms with E-state index in [1.54, 1.807) is 38.4 Å². The number of hydrogen-bond acceptors (Lipinski definition) is 4. The molecule has 0 aliphatic carbocycles. The number of ether oxygens (including phenoxy) is 2. The molecule has 2 rings (SSSR count). The van der Waals surface area contributed by atoms with Crippen LogP contribution < -0.4 is 14.8 Å². The van der Waals surface area contributed by atoms with Crippen LogP contribution in [0.2, 0.25) is 0 Å². The summed E-state index contributed by atoms with van der Waals surface area (Å²) >= 11 is 0. The molecule has 0 bridgehead atoms.